The Morgan fingerprint density at radius 2 is 1.59 bits per heavy atom. The zero-order valence-corrected chi connectivity index (χ0v) is 15.8. The number of hydrogen-bond donors (Lipinski definition) is 2. The third-order valence-electron chi connectivity index (χ3n) is 4.45. The van der Waals surface area contributed by atoms with E-state index in [1.54, 1.807) is 0 Å². The van der Waals surface area contributed by atoms with Crippen molar-refractivity contribution >= 4 is 23.0 Å². The summed E-state index contributed by atoms with van der Waals surface area (Å²) in [6, 6.07) is 24.4. The van der Waals surface area contributed by atoms with E-state index >= 15 is 0 Å². The topological polar surface area (TPSA) is 42.5 Å². The molecule has 0 saturated carbocycles. The SMILES string of the molecule is Cc1ccc(C(NC(=S)Nc2ccc3c(c2)OCO3)c2ccccc2)cc1. The predicted molar refractivity (Wildman–Crippen MR) is 111 cm³/mol. The van der Waals surface area contributed by atoms with Crippen molar-refractivity contribution in [3.05, 3.63) is 89.5 Å². The molecule has 0 aromatic heterocycles. The molecule has 0 saturated heterocycles. The maximum Gasteiger partial charge on any atom is 0.231 e. The van der Waals surface area contributed by atoms with E-state index in [1.807, 2.05) is 36.4 Å². The molecule has 0 spiro atoms. The van der Waals surface area contributed by atoms with E-state index in [1.165, 1.54) is 5.56 Å². The van der Waals surface area contributed by atoms with Crippen molar-refractivity contribution in [2.24, 2.45) is 0 Å². The molecule has 3 aromatic rings. The van der Waals surface area contributed by atoms with Crippen LogP contribution in [0, 0.1) is 6.92 Å². The molecular formula is C22H20N2O2S. The average molecular weight is 376 g/mol. The van der Waals surface area contributed by atoms with Crippen molar-refractivity contribution in [3.63, 3.8) is 0 Å². The number of benzene rings is 3. The molecule has 1 atom stereocenters. The van der Waals surface area contributed by atoms with Gasteiger partial charge in [0, 0.05) is 11.8 Å². The number of thiocarbonyl (C=S) groups is 1. The lowest BCUT2D eigenvalue weighted by atomic mass is 9.98. The second-order valence-electron chi connectivity index (χ2n) is 6.42. The van der Waals surface area contributed by atoms with Gasteiger partial charge in [0.25, 0.3) is 0 Å². The fourth-order valence-corrected chi connectivity index (χ4v) is 3.27. The number of fused-ring (bicyclic) bond motifs is 1. The number of nitrogens with one attached hydrogen (secondary N) is 2. The molecule has 1 aliphatic heterocycles. The van der Waals surface area contributed by atoms with Crippen LogP contribution in [0.5, 0.6) is 11.5 Å². The number of anilines is 1. The van der Waals surface area contributed by atoms with Gasteiger partial charge in [-0.05, 0) is 42.4 Å². The Bertz CT molecular complexity index is 942. The molecule has 4 rings (SSSR count). The van der Waals surface area contributed by atoms with Crippen LogP contribution in [0.2, 0.25) is 0 Å². The first-order valence-corrected chi connectivity index (χ1v) is 9.18. The minimum atomic E-state index is -0.0409. The quantitative estimate of drug-likeness (QED) is 0.640. The molecule has 0 bridgehead atoms. The van der Waals surface area contributed by atoms with Gasteiger partial charge >= 0.3 is 0 Å². The van der Waals surface area contributed by atoms with E-state index in [4.69, 9.17) is 21.7 Å². The van der Waals surface area contributed by atoms with E-state index in [2.05, 4.69) is 54.0 Å². The number of rotatable bonds is 4. The van der Waals surface area contributed by atoms with Crippen LogP contribution in [-0.2, 0) is 0 Å². The highest BCUT2D eigenvalue weighted by molar-refractivity contribution is 7.80. The van der Waals surface area contributed by atoms with Crippen LogP contribution in [0.1, 0.15) is 22.7 Å². The van der Waals surface area contributed by atoms with Crippen LogP contribution >= 0.6 is 12.2 Å². The number of aryl methyl sites for hydroxylation is 1. The molecule has 1 heterocycles. The molecule has 0 aliphatic carbocycles. The van der Waals surface area contributed by atoms with Crippen molar-refractivity contribution < 1.29 is 9.47 Å². The summed E-state index contributed by atoms with van der Waals surface area (Å²) in [5.74, 6) is 1.47. The average Bonchev–Trinajstić information content (AvgIpc) is 3.15. The molecule has 0 amide bonds. The van der Waals surface area contributed by atoms with Crippen LogP contribution in [-0.4, -0.2) is 11.9 Å². The zero-order valence-electron chi connectivity index (χ0n) is 14.9. The Morgan fingerprint density at radius 3 is 2.37 bits per heavy atom. The van der Waals surface area contributed by atoms with E-state index in [0.717, 1.165) is 28.3 Å². The fourth-order valence-electron chi connectivity index (χ4n) is 3.04. The molecule has 1 unspecified atom stereocenters. The molecule has 0 radical (unpaired) electrons. The first-order valence-electron chi connectivity index (χ1n) is 8.78. The third kappa shape index (κ3) is 4.04. The number of hydrogen-bond acceptors (Lipinski definition) is 3. The van der Waals surface area contributed by atoms with Crippen molar-refractivity contribution in [1.82, 2.24) is 5.32 Å². The van der Waals surface area contributed by atoms with Crippen LogP contribution in [0.25, 0.3) is 0 Å². The first kappa shape index (κ1) is 17.4. The van der Waals surface area contributed by atoms with Crippen LogP contribution < -0.4 is 20.1 Å². The van der Waals surface area contributed by atoms with E-state index in [9.17, 15) is 0 Å². The summed E-state index contributed by atoms with van der Waals surface area (Å²) in [5.41, 5.74) is 4.39. The Morgan fingerprint density at radius 1 is 0.889 bits per heavy atom. The highest BCUT2D eigenvalue weighted by Crippen LogP contribution is 2.34. The van der Waals surface area contributed by atoms with Gasteiger partial charge < -0.3 is 20.1 Å². The monoisotopic (exact) mass is 376 g/mol. The van der Waals surface area contributed by atoms with Gasteiger partial charge in [0.2, 0.25) is 6.79 Å². The lowest BCUT2D eigenvalue weighted by Crippen LogP contribution is -2.33. The first-order chi connectivity index (χ1) is 13.2. The summed E-state index contributed by atoms with van der Waals surface area (Å²) in [7, 11) is 0. The molecule has 27 heavy (non-hydrogen) atoms. The summed E-state index contributed by atoms with van der Waals surface area (Å²) >= 11 is 5.57. The summed E-state index contributed by atoms with van der Waals surface area (Å²) in [6.07, 6.45) is 0. The standard InChI is InChI=1S/C22H20N2O2S/c1-15-7-9-17(10-8-15)21(16-5-3-2-4-6-16)24-22(27)23-18-11-12-19-20(13-18)26-14-25-19/h2-13,21H,14H2,1H3,(H2,23,24,27). The lowest BCUT2D eigenvalue weighted by molar-refractivity contribution is 0.174. The Kier molecular flexibility index (Phi) is 4.94. The summed E-state index contributed by atoms with van der Waals surface area (Å²) in [6.45, 7) is 2.34. The molecule has 1 aliphatic rings. The van der Waals surface area contributed by atoms with E-state index in [0.29, 0.717) is 5.11 Å². The Balaban J connectivity index is 1.54. The van der Waals surface area contributed by atoms with Crippen molar-refractivity contribution in [3.8, 4) is 11.5 Å². The van der Waals surface area contributed by atoms with Gasteiger partial charge in [-0.15, -0.1) is 0 Å². The predicted octanol–water partition coefficient (Wildman–Crippen LogP) is 4.80. The molecule has 5 heteroatoms. The third-order valence-corrected chi connectivity index (χ3v) is 4.67. The largest absolute Gasteiger partial charge is 0.454 e. The Hall–Kier alpha value is -3.05. The molecule has 4 nitrogen and oxygen atoms in total. The molecule has 136 valence electrons. The van der Waals surface area contributed by atoms with Crippen molar-refractivity contribution in [2.75, 3.05) is 12.1 Å². The van der Waals surface area contributed by atoms with Gasteiger partial charge in [-0.3, -0.25) is 0 Å². The second-order valence-corrected chi connectivity index (χ2v) is 6.83. The normalized spacial score (nSPS) is 13.1. The van der Waals surface area contributed by atoms with Crippen LogP contribution in [0.4, 0.5) is 5.69 Å². The summed E-state index contributed by atoms with van der Waals surface area (Å²) in [4.78, 5) is 0. The smallest absolute Gasteiger partial charge is 0.231 e. The summed E-state index contributed by atoms with van der Waals surface area (Å²) in [5, 5.41) is 7.22. The van der Waals surface area contributed by atoms with Gasteiger partial charge in [-0.1, -0.05) is 60.2 Å². The van der Waals surface area contributed by atoms with Gasteiger partial charge in [0.1, 0.15) is 0 Å². The highest BCUT2D eigenvalue weighted by atomic mass is 32.1. The van der Waals surface area contributed by atoms with Gasteiger partial charge in [-0.25, -0.2) is 0 Å². The van der Waals surface area contributed by atoms with Crippen molar-refractivity contribution in [2.45, 2.75) is 13.0 Å². The van der Waals surface area contributed by atoms with Gasteiger partial charge in [-0.2, -0.15) is 0 Å². The minimum Gasteiger partial charge on any atom is -0.454 e. The maximum absolute atomic E-state index is 5.57. The van der Waals surface area contributed by atoms with Gasteiger partial charge in [0.05, 0.1) is 6.04 Å². The molecule has 2 N–H and O–H groups in total. The number of ether oxygens (including phenoxy) is 2. The second kappa shape index (κ2) is 7.68. The fraction of sp³-hybridized carbons (Fsp3) is 0.136. The molecular weight excluding hydrogens is 356 g/mol. The zero-order chi connectivity index (χ0) is 18.6. The van der Waals surface area contributed by atoms with E-state index < -0.39 is 0 Å². The van der Waals surface area contributed by atoms with Crippen molar-refractivity contribution in [1.29, 1.82) is 0 Å². The van der Waals surface area contributed by atoms with Crippen LogP contribution in [0.3, 0.4) is 0 Å². The Labute approximate surface area is 164 Å². The highest BCUT2D eigenvalue weighted by Gasteiger charge is 2.17. The molecule has 3 aromatic carbocycles. The minimum absolute atomic E-state index is 0.0409. The van der Waals surface area contributed by atoms with Gasteiger partial charge in [0.15, 0.2) is 16.6 Å². The summed E-state index contributed by atoms with van der Waals surface area (Å²) < 4.78 is 10.8. The maximum atomic E-state index is 5.57. The lowest BCUT2D eigenvalue weighted by Gasteiger charge is -2.22. The molecule has 0 fully saturated rings. The van der Waals surface area contributed by atoms with E-state index in [-0.39, 0.29) is 12.8 Å². The van der Waals surface area contributed by atoms with Crippen LogP contribution in [0.15, 0.2) is 72.8 Å².